The van der Waals surface area contributed by atoms with E-state index in [0.717, 1.165) is 24.2 Å². The highest BCUT2D eigenvalue weighted by atomic mass is 32.2. The van der Waals surface area contributed by atoms with Gasteiger partial charge in [0.2, 0.25) is 0 Å². The van der Waals surface area contributed by atoms with Crippen molar-refractivity contribution in [3.8, 4) is 0 Å². The number of carbonyl (C=O) groups is 1. The Morgan fingerprint density at radius 1 is 1.38 bits per heavy atom. The Hall–Kier alpha value is -0.960. The largest absolute Gasteiger partial charge is 0.481 e. The molecule has 1 fully saturated rings. The van der Waals surface area contributed by atoms with Gasteiger partial charge in [0, 0.05) is 0 Å². The van der Waals surface area contributed by atoms with Crippen molar-refractivity contribution in [3.05, 3.63) is 35.9 Å². The van der Waals surface area contributed by atoms with E-state index in [1.807, 2.05) is 42.1 Å². The average Bonchev–Trinajstić information content (AvgIpc) is 2.31. The summed E-state index contributed by atoms with van der Waals surface area (Å²) in [7, 11) is 0. The van der Waals surface area contributed by atoms with Crippen molar-refractivity contribution in [3.63, 3.8) is 0 Å². The van der Waals surface area contributed by atoms with Crippen LogP contribution in [-0.2, 0) is 4.79 Å². The molecule has 0 amide bonds. The lowest BCUT2D eigenvalue weighted by Crippen LogP contribution is -2.25. The molecule has 3 heteroatoms. The van der Waals surface area contributed by atoms with Crippen LogP contribution < -0.4 is 0 Å². The molecule has 0 bridgehead atoms. The Bertz CT molecular complexity index is 344. The first kappa shape index (κ1) is 11.5. The van der Waals surface area contributed by atoms with Crippen molar-refractivity contribution in [1.82, 2.24) is 0 Å². The van der Waals surface area contributed by atoms with Crippen LogP contribution in [0.2, 0.25) is 0 Å². The molecule has 1 aromatic rings. The van der Waals surface area contributed by atoms with E-state index in [0.29, 0.717) is 5.92 Å². The second kappa shape index (κ2) is 5.39. The van der Waals surface area contributed by atoms with Crippen LogP contribution in [0, 0.1) is 5.92 Å². The zero-order chi connectivity index (χ0) is 11.4. The summed E-state index contributed by atoms with van der Waals surface area (Å²) in [5.74, 6) is 1.44. The topological polar surface area (TPSA) is 37.3 Å². The second-order valence-corrected chi connectivity index (χ2v) is 5.35. The summed E-state index contributed by atoms with van der Waals surface area (Å²) in [6.45, 7) is 0. The predicted molar refractivity (Wildman–Crippen MR) is 66.9 cm³/mol. The van der Waals surface area contributed by atoms with Gasteiger partial charge in [-0.05, 0) is 35.8 Å². The quantitative estimate of drug-likeness (QED) is 0.876. The number of hydrogen-bond donors (Lipinski definition) is 1. The van der Waals surface area contributed by atoms with Gasteiger partial charge in [-0.3, -0.25) is 4.79 Å². The molecule has 1 saturated heterocycles. The first-order valence-electron chi connectivity index (χ1n) is 5.64. The minimum atomic E-state index is -0.682. The lowest BCUT2D eigenvalue weighted by atomic mass is 9.84. The zero-order valence-electron chi connectivity index (χ0n) is 9.13. The molecule has 2 rings (SSSR count). The van der Waals surface area contributed by atoms with Gasteiger partial charge in [0.1, 0.15) is 0 Å². The molecule has 0 saturated carbocycles. The normalized spacial score (nSPS) is 22.6. The number of rotatable bonds is 3. The van der Waals surface area contributed by atoms with Crippen LogP contribution in [0.15, 0.2) is 30.3 Å². The van der Waals surface area contributed by atoms with Crippen molar-refractivity contribution < 1.29 is 9.90 Å². The number of benzene rings is 1. The van der Waals surface area contributed by atoms with Crippen LogP contribution in [-0.4, -0.2) is 22.6 Å². The maximum atomic E-state index is 11.4. The highest BCUT2D eigenvalue weighted by molar-refractivity contribution is 7.99. The van der Waals surface area contributed by atoms with Crippen molar-refractivity contribution in [1.29, 1.82) is 0 Å². The summed E-state index contributed by atoms with van der Waals surface area (Å²) >= 11 is 1.88. The molecule has 2 unspecified atom stereocenters. The van der Waals surface area contributed by atoms with Gasteiger partial charge in [0.25, 0.3) is 0 Å². The van der Waals surface area contributed by atoms with Gasteiger partial charge in [-0.25, -0.2) is 0 Å². The highest BCUT2D eigenvalue weighted by Gasteiger charge is 2.30. The molecule has 0 spiro atoms. The summed E-state index contributed by atoms with van der Waals surface area (Å²) < 4.78 is 0. The minimum Gasteiger partial charge on any atom is -0.481 e. The van der Waals surface area contributed by atoms with E-state index in [1.54, 1.807) is 0 Å². The predicted octanol–water partition coefficient (Wildman–Crippen LogP) is 3.00. The van der Waals surface area contributed by atoms with Gasteiger partial charge in [0.05, 0.1) is 5.92 Å². The number of carboxylic acid groups (broad SMARTS) is 1. The fourth-order valence-electron chi connectivity index (χ4n) is 2.31. The Morgan fingerprint density at radius 2 is 2.12 bits per heavy atom. The Labute approximate surface area is 100 Å². The second-order valence-electron chi connectivity index (χ2n) is 4.20. The third kappa shape index (κ3) is 2.59. The molecule has 2 atom stereocenters. The smallest absolute Gasteiger partial charge is 0.311 e. The van der Waals surface area contributed by atoms with E-state index in [9.17, 15) is 9.90 Å². The SMILES string of the molecule is O=C(O)C(c1ccccc1)C1CCCSC1. The number of carboxylic acids is 1. The van der Waals surface area contributed by atoms with Gasteiger partial charge in [-0.2, -0.15) is 11.8 Å². The lowest BCUT2D eigenvalue weighted by molar-refractivity contribution is -0.140. The van der Waals surface area contributed by atoms with Crippen LogP contribution in [0.3, 0.4) is 0 Å². The average molecular weight is 236 g/mol. The maximum Gasteiger partial charge on any atom is 0.311 e. The molecule has 1 aromatic carbocycles. The molecular formula is C13H16O2S. The fourth-order valence-corrected chi connectivity index (χ4v) is 3.50. The van der Waals surface area contributed by atoms with Crippen molar-refractivity contribution in [2.24, 2.45) is 5.92 Å². The highest BCUT2D eigenvalue weighted by Crippen LogP contribution is 2.34. The van der Waals surface area contributed by atoms with Crippen molar-refractivity contribution >= 4 is 17.7 Å². The van der Waals surface area contributed by atoms with E-state index in [-0.39, 0.29) is 5.92 Å². The van der Waals surface area contributed by atoms with E-state index in [1.165, 1.54) is 5.75 Å². The summed E-state index contributed by atoms with van der Waals surface area (Å²) in [4.78, 5) is 11.4. The molecule has 1 N–H and O–H groups in total. The van der Waals surface area contributed by atoms with E-state index in [4.69, 9.17) is 0 Å². The summed E-state index contributed by atoms with van der Waals surface area (Å²) in [5, 5.41) is 9.37. The first-order valence-corrected chi connectivity index (χ1v) is 6.80. The Kier molecular flexibility index (Phi) is 3.88. The number of hydrogen-bond acceptors (Lipinski definition) is 2. The molecular weight excluding hydrogens is 220 g/mol. The summed E-state index contributed by atoms with van der Waals surface area (Å²) in [6, 6.07) is 9.62. The maximum absolute atomic E-state index is 11.4. The van der Waals surface area contributed by atoms with Crippen molar-refractivity contribution in [2.45, 2.75) is 18.8 Å². The van der Waals surface area contributed by atoms with Crippen LogP contribution in [0.5, 0.6) is 0 Å². The molecule has 16 heavy (non-hydrogen) atoms. The van der Waals surface area contributed by atoms with Gasteiger partial charge in [-0.1, -0.05) is 30.3 Å². The van der Waals surface area contributed by atoms with Crippen LogP contribution in [0.1, 0.15) is 24.3 Å². The zero-order valence-corrected chi connectivity index (χ0v) is 9.95. The van der Waals surface area contributed by atoms with Crippen LogP contribution in [0.25, 0.3) is 0 Å². The summed E-state index contributed by atoms with van der Waals surface area (Å²) in [6.07, 6.45) is 2.19. The number of thioether (sulfide) groups is 1. The Morgan fingerprint density at radius 3 is 2.69 bits per heavy atom. The van der Waals surface area contributed by atoms with Crippen LogP contribution in [0.4, 0.5) is 0 Å². The summed E-state index contributed by atoms with van der Waals surface area (Å²) in [5.41, 5.74) is 0.947. The third-order valence-corrected chi connectivity index (χ3v) is 4.33. The minimum absolute atomic E-state index is 0.290. The van der Waals surface area contributed by atoms with E-state index >= 15 is 0 Å². The number of aliphatic carboxylic acids is 1. The molecule has 0 aliphatic carbocycles. The molecule has 1 aliphatic heterocycles. The molecule has 1 aliphatic rings. The third-order valence-electron chi connectivity index (χ3n) is 3.09. The van der Waals surface area contributed by atoms with Gasteiger partial charge in [-0.15, -0.1) is 0 Å². The molecule has 2 nitrogen and oxygen atoms in total. The fraction of sp³-hybridized carbons (Fsp3) is 0.462. The van der Waals surface area contributed by atoms with Gasteiger partial charge < -0.3 is 5.11 Å². The van der Waals surface area contributed by atoms with E-state index < -0.39 is 5.97 Å². The molecule has 86 valence electrons. The molecule has 0 aromatic heterocycles. The first-order chi connectivity index (χ1) is 7.79. The standard InChI is InChI=1S/C13H16O2S/c14-13(15)12(10-5-2-1-3-6-10)11-7-4-8-16-9-11/h1-3,5-6,11-12H,4,7-9H2,(H,14,15). The monoisotopic (exact) mass is 236 g/mol. The molecule has 1 heterocycles. The van der Waals surface area contributed by atoms with Crippen LogP contribution >= 0.6 is 11.8 Å². The molecule has 0 radical (unpaired) electrons. The Balaban J connectivity index is 2.20. The van der Waals surface area contributed by atoms with E-state index in [2.05, 4.69) is 0 Å². The lowest BCUT2D eigenvalue weighted by Gasteiger charge is -2.27. The van der Waals surface area contributed by atoms with Gasteiger partial charge >= 0.3 is 5.97 Å². The van der Waals surface area contributed by atoms with Crippen molar-refractivity contribution in [2.75, 3.05) is 11.5 Å². The van der Waals surface area contributed by atoms with Gasteiger partial charge in [0.15, 0.2) is 0 Å².